The van der Waals surface area contributed by atoms with Crippen LogP contribution in [-0.2, 0) is 23.6 Å². The molecule has 2 N–H and O–H groups in total. The molecule has 11 heteroatoms. The van der Waals surface area contributed by atoms with Crippen LogP contribution in [0.4, 0.5) is 11.5 Å². The normalized spacial score (nSPS) is 11.4. The molecule has 0 atom stereocenters. The van der Waals surface area contributed by atoms with Gasteiger partial charge >= 0.3 is 0 Å². The average Bonchev–Trinajstić information content (AvgIpc) is 3.37. The van der Waals surface area contributed by atoms with E-state index in [1.54, 1.807) is 23.0 Å². The van der Waals surface area contributed by atoms with E-state index < -0.39 is 10.0 Å². The zero-order valence-electron chi connectivity index (χ0n) is 17.2. The van der Waals surface area contributed by atoms with Crippen LogP contribution in [-0.4, -0.2) is 46.5 Å². The van der Waals surface area contributed by atoms with Crippen molar-refractivity contribution in [2.45, 2.75) is 6.54 Å². The summed E-state index contributed by atoms with van der Waals surface area (Å²) < 4.78 is 26.8. The van der Waals surface area contributed by atoms with Crippen LogP contribution in [0, 0.1) is 11.3 Å². The molecule has 4 heterocycles. The first-order valence-corrected chi connectivity index (χ1v) is 11.1. The van der Waals surface area contributed by atoms with Gasteiger partial charge in [0.2, 0.25) is 10.0 Å². The predicted octanol–water partition coefficient (Wildman–Crippen LogP) is 2.24. The molecule has 158 valence electrons. The van der Waals surface area contributed by atoms with Gasteiger partial charge in [0.25, 0.3) is 0 Å². The van der Waals surface area contributed by atoms with Gasteiger partial charge in [-0.05, 0) is 12.1 Å². The van der Waals surface area contributed by atoms with Gasteiger partial charge in [-0.15, -0.1) is 0 Å². The first-order valence-electron chi connectivity index (χ1n) is 9.30. The summed E-state index contributed by atoms with van der Waals surface area (Å²) in [5.74, 6) is 0.325. The molecule has 0 aromatic carbocycles. The summed E-state index contributed by atoms with van der Waals surface area (Å²) in [7, 11) is -0.172. The first-order chi connectivity index (χ1) is 14.8. The van der Waals surface area contributed by atoms with Crippen molar-refractivity contribution in [3.05, 3.63) is 54.1 Å². The molecule has 0 unspecified atom stereocenters. The third-order valence-electron chi connectivity index (χ3n) is 4.91. The highest BCUT2D eigenvalue weighted by Crippen LogP contribution is 2.31. The lowest BCUT2D eigenvalue weighted by atomic mass is 10.1. The van der Waals surface area contributed by atoms with Crippen LogP contribution < -0.4 is 9.62 Å². The maximum Gasteiger partial charge on any atom is 0.233 e. The molecule has 0 aliphatic carbocycles. The highest BCUT2D eigenvalue weighted by atomic mass is 32.2. The van der Waals surface area contributed by atoms with Crippen molar-refractivity contribution in [2.75, 3.05) is 22.9 Å². The van der Waals surface area contributed by atoms with Crippen LogP contribution in [0.1, 0.15) is 11.1 Å². The van der Waals surface area contributed by atoms with E-state index in [2.05, 4.69) is 31.4 Å². The van der Waals surface area contributed by atoms with Crippen LogP contribution >= 0.6 is 0 Å². The Morgan fingerprint density at radius 1 is 1.32 bits per heavy atom. The lowest BCUT2D eigenvalue weighted by molar-refractivity contribution is 0.599. The van der Waals surface area contributed by atoms with E-state index in [0.717, 1.165) is 27.2 Å². The fraction of sp³-hybridized carbons (Fsp3) is 0.200. The van der Waals surface area contributed by atoms with Crippen LogP contribution in [0.5, 0.6) is 0 Å². The van der Waals surface area contributed by atoms with Crippen molar-refractivity contribution in [1.29, 1.82) is 5.26 Å². The van der Waals surface area contributed by atoms with Crippen LogP contribution in [0.2, 0.25) is 0 Å². The van der Waals surface area contributed by atoms with Crippen LogP contribution in [0.25, 0.3) is 22.3 Å². The number of aromatic nitrogens is 5. The van der Waals surface area contributed by atoms with Crippen molar-refractivity contribution < 1.29 is 8.42 Å². The summed E-state index contributed by atoms with van der Waals surface area (Å²) in [5, 5.41) is 17.8. The Labute approximate surface area is 179 Å². The molecule has 0 saturated heterocycles. The van der Waals surface area contributed by atoms with Gasteiger partial charge in [-0.1, -0.05) is 6.07 Å². The van der Waals surface area contributed by atoms with Crippen molar-refractivity contribution in [2.24, 2.45) is 7.05 Å². The minimum Gasteiger partial charge on any atom is -0.379 e. The molecule has 0 radical (unpaired) electrons. The Balaban J connectivity index is 1.72. The molecule has 0 aliphatic rings. The van der Waals surface area contributed by atoms with Crippen LogP contribution in [0.15, 0.2) is 43.0 Å². The van der Waals surface area contributed by atoms with Gasteiger partial charge in [-0.3, -0.25) is 8.99 Å². The Hall–Kier alpha value is -3.91. The second kappa shape index (κ2) is 7.73. The lowest BCUT2D eigenvalue weighted by Gasteiger charge is -2.19. The number of rotatable bonds is 6. The van der Waals surface area contributed by atoms with Gasteiger partial charge in [0.1, 0.15) is 17.5 Å². The Morgan fingerprint density at radius 2 is 2.13 bits per heavy atom. The third kappa shape index (κ3) is 3.93. The van der Waals surface area contributed by atoms with Gasteiger partial charge in [0, 0.05) is 55.7 Å². The van der Waals surface area contributed by atoms with Gasteiger partial charge in [-0.25, -0.2) is 18.4 Å². The second-order valence-electron chi connectivity index (χ2n) is 7.08. The fourth-order valence-electron chi connectivity index (χ4n) is 3.26. The Kier molecular flexibility index (Phi) is 5.08. The van der Waals surface area contributed by atoms with Crippen LogP contribution in [0.3, 0.4) is 0 Å². The number of nitriles is 1. The molecule has 10 nitrogen and oxygen atoms in total. The third-order valence-corrected chi connectivity index (χ3v) is 6.08. The number of hydrogen-bond donors (Lipinski definition) is 2. The van der Waals surface area contributed by atoms with Gasteiger partial charge in [-0.2, -0.15) is 10.4 Å². The summed E-state index contributed by atoms with van der Waals surface area (Å²) >= 11 is 0. The molecule has 4 aromatic heterocycles. The number of nitrogens with one attached hydrogen (secondary N) is 2. The summed E-state index contributed by atoms with van der Waals surface area (Å²) in [6, 6.07) is 7.60. The number of aryl methyl sites for hydroxylation is 1. The van der Waals surface area contributed by atoms with Crippen molar-refractivity contribution in [1.82, 2.24) is 24.7 Å². The SMILES string of the molecule is CN(c1ncccc1CNc1c(C#N)cnc2[nH]c(-c3cnn(C)c3)cc12)S(C)(=O)=O. The average molecular weight is 437 g/mol. The fourth-order valence-corrected chi connectivity index (χ4v) is 3.74. The molecular weight excluding hydrogens is 416 g/mol. The molecule has 0 fully saturated rings. The highest BCUT2D eigenvalue weighted by molar-refractivity contribution is 7.92. The second-order valence-corrected chi connectivity index (χ2v) is 9.09. The van der Waals surface area contributed by atoms with E-state index in [-0.39, 0.29) is 6.54 Å². The molecule has 4 rings (SSSR count). The van der Waals surface area contributed by atoms with E-state index in [1.807, 2.05) is 19.3 Å². The van der Waals surface area contributed by atoms with Crippen molar-refractivity contribution >= 4 is 32.6 Å². The molecule has 4 aromatic rings. The van der Waals surface area contributed by atoms with E-state index in [1.165, 1.54) is 19.4 Å². The molecule has 0 bridgehead atoms. The number of pyridine rings is 2. The molecular formula is C20H20N8O2S. The molecule has 0 spiro atoms. The Morgan fingerprint density at radius 3 is 2.81 bits per heavy atom. The Bertz CT molecular complexity index is 1410. The van der Waals surface area contributed by atoms with Gasteiger partial charge in [0.05, 0.1) is 29.4 Å². The summed E-state index contributed by atoms with van der Waals surface area (Å²) in [5.41, 5.74) is 4.01. The van der Waals surface area contributed by atoms with Gasteiger partial charge in [0.15, 0.2) is 0 Å². The van der Waals surface area contributed by atoms with E-state index in [0.29, 0.717) is 28.3 Å². The number of fused-ring (bicyclic) bond motifs is 1. The number of H-pyrrole nitrogens is 1. The minimum atomic E-state index is -3.47. The monoisotopic (exact) mass is 436 g/mol. The zero-order valence-corrected chi connectivity index (χ0v) is 18.0. The number of sulfonamides is 1. The molecule has 0 amide bonds. The summed E-state index contributed by atoms with van der Waals surface area (Å²) in [6.45, 7) is 0.268. The van der Waals surface area contributed by atoms with E-state index >= 15 is 0 Å². The minimum absolute atomic E-state index is 0.268. The number of hydrogen-bond acceptors (Lipinski definition) is 7. The molecule has 31 heavy (non-hydrogen) atoms. The van der Waals surface area contributed by atoms with E-state index in [9.17, 15) is 13.7 Å². The number of nitrogens with zero attached hydrogens (tertiary/aromatic N) is 6. The highest BCUT2D eigenvalue weighted by Gasteiger charge is 2.18. The maximum atomic E-state index is 12.0. The topological polar surface area (TPSA) is 133 Å². The predicted molar refractivity (Wildman–Crippen MR) is 118 cm³/mol. The molecule has 0 aliphatic heterocycles. The van der Waals surface area contributed by atoms with Crippen molar-refractivity contribution in [3.63, 3.8) is 0 Å². The first kappa shape index (κ1) is 20.4. The van der Waals surface area contributed by atoms with E-state index in [4.69, 9.17) is 0 Å². The summed E-state index contributed by atoms with van der Waals surface area (Å²) in [4.78, 5) is 11.8. The summed E-state index contributed by atoms with van der Waals surface area (Å²) in [6.07, 6.45) is 7.79. The van der Waals surface area contributed by atoms with Crippen molar-refractivity contribution in [3.8, 4) is 17.3 Å². The molecule has 0 saturated carbocycles. The van der Waals surface area contributed by atoms with Gasteiger partial charge < -0.3 is 10.3 Å². The largest absolute Gasteiger partial charge is 0.379 e. The smallest absolute Gasteiger partial charge is 0.233 e. The standard InChI is InChI=1S/C20H20N8O2S/c1-27-12-15(11-25-27)17-7-16-18(14(8-21)10-24-19(16)26-17)23-9-13-5-4-6-22-20(13)28(2)31(3,29)30/h4-7,10-12H,9H2,1-3H3,(H2,23,24,26). The lowest BCUT2D eigenvalue weighted by Crippen LogP contribution is -2.27. The quantitative estimate of drug-likeness (QED) is 0.473. The zero-order chi connectivity index (χ0) is 22.2. The number of aromatic amines is 1. The number of anilines is 2. The maximum absolute atomic E-state index is 12.0.